The van der Waals surface area contributed by atoms with Gasteiger partial charge in [-0.25, -0.2) is 4.98 Å². The fourth-order valence-electron chi connectivity index (χ4n) is 1.98. The molecular weight excluding hydrogens is 242 g/mol. The second-order valence-corrected chi connectivity index (χ2v) is 4.42. The van der Waals surface area contributed by atoms with Crippen LogP contribution in [0.3, 0.4) is 0 Å². The van der Waals surface area contributed by atoms with E-state index >= 15 is 0 Å². The quantitative estimate of drug-likeness (QED) is 0.889. The molecule has 19 heavy (non-hydrogen) atoms. The van der Waals surface area contributed by atoms with Gasteiger partial charge in [0.1, 0.15) is 0 Å². The molecule has 102 valence electrons. The third kappa shape index (κ3) is 2.83. The Morgan fingerprint density at radius 3 is 2.84 bits per heavy atom. The van der Waals surface area contributed by atoms with E-state index in [1.807, 2.05) is 27.1 Å². The molecule has 0 aliphatic carbocycles. The number of hydrogen-bond acceptors (Lipinski definition) is 4. The van der Waals surface area contributed by atoms with Crippen molar-refractivity contribution in [2.45, 2.75) is 33.2 Å². The number of anilines is 2. The summed E-state index contributed by atoms with van der Waals surface area (Å²) < 4.78 is 3.39. The third-order valence-electron chi connectivity index (χ3n) is 2.87. The normalized spacial score (nSPS) is 10.7. The SMILES string of the molecule is CCCn1ccnc(Nc2cn(C)nc2CC)c1=O. The van der Waals surface area contributed by atoms with E-state index in [1.165, 1.54) is 0 Å². The predicted molar refractivity (Wildman–Crippen MR) is 74.7 cm³/mol. The molecular formula is C13H19N5O. The average molecular weight is 261 g/mol. The fourth-order valence-corrected chi connectivity index (χ4v) is 1.98. The van der Waals surface area contributed by atoms with Crippen molar-refractivity contribution in [2.75, 3.05) is 5.32 Å². The molecule has 0 amide bonds. The Balaban J connectivity index is 2.33. The van der Waals surface area contributed by atoms with E-state index in [-0.39, 0.29) is 5.56 Å². The van der Waals surface area contributed by atoms with Crippen molar-refractivity contribution in [3.05, 3.63) is 34.6 Å². The van der Waals surface area contributed by atoms with Crippen molar-refractivity contribution in [3.63, 3.8) is 0 Å². The van der Waals surface area contributed by atoms with Gasteiger partial charge in [0.15, 0.2) is 5.82 Å². The molecule has 0 fully saturated rings. The van der Waals surface area contributed by atoms with Crippen molar-refractivity contribution in [2.24, 2.45) is 7.05 Å². The number of rotatable bonds is 5. The van der Waals surface area contributed by atoms with Crippen molar-refractivity contribution < 1.29 is 0 Å². The van der Waals surface area contributed by atoms with Crippen LogP contribution in [0.5, 0.6) is 0 Å². The highest BCUT2D eigenvalue weighted by atomic mass is 16.1. The number of aryl methyl sites for hydroxylation is 3. The van der Waals surface area contributed by atoms with Crippen LogP contribution >= 0.6 is 0 Å². The van der Waals surface area contributed by atoms with Crippen molar-refractivity contribution in [1.82, 2.24) is 19.3 Å². The molecule has 6 nitrogen and oxygen atoms in total. The van der Waals surface area contributed by atoms with Crippen LogP contribution in [0.25, 0.3) is 0 Å². The molecule has 2 heterocycles. The van der Waals surface area contributed by atoms with Gasteiger partial charge in [0, 0.05) is 32.2 Å². The lowest BCUT2D eigenvalue weighted by molar-refractivity contribution is 0.650. The minimum atomic E-state index is -0.102. The van der Waals surface area contributed by atoms with Gasteiger partial charge in [-0.1, -0.05) is 13.8 Å². The molecule has 0 atom stereocenters. The molecule has 0 aromatic carbocycles. The van der Waals surface area contributed by atoms with Crippen molar-refractivity contribution in [1.29, 1.82) is 0 Å². The summed E-state index contributed by atoms with van der Waals surface area (Å²) in [6.45, 7) is 4.77. The largest absolute Gasteiger partial charge is 0.333 e. The highest BCUT2D eigenvalue weighted by Gasteiger charge is 2.10. The number of nitrogens with one attached hydrogen (secondary N) is 1. The van der Waals surface area contributed by atoms with E-state index in [1.54, 1.807) is 21.6 Å². The van der Waals surface area contributed by atoms with Crippen LogP contribution in [0.1, 0.15) is 26.0 Å². The smallest absolute Gasteiger partial charge is 0.293 e. The lowest BCUT2D eigenvalue weighted by Gasteiger charge is -2.07. The zero-order valence-corrected chi connectivity index (χ0v) is 11.6. The van der Waals surface area contributed by atoms with Crippen LogP contribution in [0, 0.1) is 0 Å². The number of nitrogens with zero attached hydrogens (tertiary/aromatic N) is 4. The maximum Gasteiger partial charge on any atom is 0.293 e. The summed E-state index contributed by atoms with van der Waals surface area (Å²) in [5.74, 6) is 0.346. The summed E-state index contributed by atoms with van der Waals surface area (Å²) in [7, 11) is 1.86. The first-order valence-electron chi connectivity index (χ1n) is 6.50. The van der Waals surface area contributed by atoms with Gasteiger partial charge in [0.25, 0.3) is 5.56 Å². The second-order valence-electron chi connectivity index (χ2n) is 4.42. The van der Waals surface area contributed by atoms with Crippen LogP contribution in [-0.4, -0.2) is 19.3 Å². The molecule has 0 saturated carbocycles. The topological polar surface area (TPSA) is 64.7 Å². The van der Waals surface area contributed by atoms with Crippen LogP contribution in [0.2, 0.25) is 0 Å². The minimum Gasteiger partial charge on any atom is -0.333 e. The lowest BCUT2D eigenvalue weighted by Crippen LogP contribution is -2.23. The summed E-state index contributed by atoms with van der Waals surface area (Å²) in [5, 5.41) is 7.41. The highest BCUT2D eigenvalue weighted by Crippen LogP contribution is 2.16. The van der Waals surface area contributed by atoms with Gasteiger partial charge < -0.3 is 9.88 Å². The summed E-state index contributed by atoms with van der Waals surface area (Å²) in [6.07, 6.45) is 6.93. The molecule has 0 aliphatic rings. The number of aromatic nitrogens is 4. The molecule has 2 aromatic rings. The van der Waals surface area contributed by atoms with Crippen LogP contribution < -0.4 is 10.9 Å². The van der Waals surface area contributed by atoms with Crippen LogP contribution in [-0.2, 0) is 20.0 Å². The maximum atomic E-state index is 12.2. The van der Waals surface area contributed by atoms with Gasteiger partial charge >= 0.3 is 0 Å². The zero-order valence-electron chi connectivity index (χ0n) is 11.6. The monoisotopic (exact) mass is 261 g/mol. The standard InChI is InChI=1S/C13H19N5O/c1-4-7-18-8-6-14-12(13(18)19)15-11-9-17(3)16-10(11)5-2/h6,8-9H,4-5,7H2,1-3H3,(H,14,15). The predicted octanol–water partition coefficient (Wildman–Crippen LogP) is 1.69. The van der Waals surface area contributed by atoms with E-state index in [0.29, 0.717) is 12.4 Å². The summed E-state index contributed by atoms with van der Waals surface area (Å²) in [4.78, 5) is 16.3. The van der Waals surface area contributed by atoms with Crippen molar-refractivity contribution in [3.8, 4) is 0 Å². The first kappa shape index (κ1) is 13.3. The molecule has 1 N–H and O–H groups in total. The van der Waals surface area contributed by atoms with Crippen molar-refractivity contribution >= 4 is 11.5 Å². The molecule has 6 heteroatoms. The highest BCUT2D eigenvalue weighted by molar-refractivity contribution is 5.57. The maximum absolute atomic E-state index is 12.2. The van der Waals surface area contributed by atoms with Gasteiger partial charge in [-0.3, -0.25) is 9.48 Å². The Bertz CT molecular complexity index is 614. The van der Waals surface area contributed by atoms with E-state index in [2.05, 4.69) is 15.4 Å². The second kappa shape index (κ2) is 5.69. The molecule has 0 radical (unpaired) electrons. The number of hydrogen-bond donors (Lipinski definition) is 1. The first-order chi connectivity index (χ1) is 9.15. The van der Waals surface area contributed by atoms with Gasteiger partial charge in [-0.15, -0.1) is 0 Å². The van der Waals surface area contributed by atoms with E-state index in [4.69, 9.17) is 0 Å². The third-order valence-corrected chi connectivity index (χ3v) is 2.87. The molecule has 2 rings (SSSR count). The Morgan fingerprint density at radius 1 is 1.37 bits per heavy atom. The van der Waals surface area contributed by atoms with Gasteiger partial charge in [-0.2, -0.15) is 5.10 Å². The Hall–Kier alpha value is -2.11. The minimum absolute atomic E-state index is 0.102. The Labute approximate surface area is 112 Å². The Kier molecular flexibility index (Phi) is 3.99. The average Bonchev–Trinajstić information content (AvgIpc) is 2.75. The zero-order chi connectivity index (χ0) is 13.8. The molecule has 2 aromatic heterocycles. The summed E-state index contributed by atoms with van der Waals surface area (Å²) >= 11 is 0. The molecule has 0 unspecified atom stereocenters. The molecule has 0 bridgehead atoms. The van der Waals surface area contributed by atoms with E-state index in [9.17, 15) is 4.79 Å². The van der Waals surface area contributed by atoms with Crippen LogP contribution in [0.15, 0.2) is 23.4 Å². The van der Waals surface area contributed by atoms with Gasteiger partial charge in [0.2, 0.25) is 0 Å². The van der Waals surface area contributed by atoms with E-state index < -0.39 is 0 Å². The fraction of sp³-hybridized carbons (Fsp3) is 0.462. The lowest BCUT2D eigenvalue weighted by atomic mass is 10.3. The van der Waals surface area contributed by atoms with Gasteiger partial charge in [-0.05, 0) is 12.8 Å². The van der Waals surface area contributed by atoms with Crippen LogP contribution in [0.4, 0.5) is 11.5 Å². The Morgan fingerprint density at radius 2 is 2.16 bits per heavy atom. The molecule has 0 spiro atoms. The molecule has 0 aliphatic heterocycles. The first-order valence-corrected chi connectivity index (χ1v) is 6.50. The summed E-state index contributed by atoms with van der Waals surface area (Å²) in [5.41, 5.74) is 1.66. The van der Waals surface area contributed by atoms with Gasteiger partial charge in [0.05, 0.1) is 11.4 Å². The van der Waals surface area contributed by atoms with E-state index in [0.717, 1.165) is 24.2 Å². The summed E-state index contributed by atoms with van der Waals surface area (Å²) in [6, 6.07) is 0. The molecule has 0 saturated heterocycles.